The number of aliphatic hydroxyl groups excluding tert-OH is 2. The van der Waals surface area contributed by atoms with Crippen LogP contribution in [-0.4, -0.2) is 23.4 Å². The highest BCUT2D eigenvalue weighted by molar-refractivity contribution is 9.11. The molecule has 1 aromatic heterocycles. The van der Waals surface area contributed by atoms with Gasteiger partial charge in [0.1, 0.15) is 0 Å². The van der Waals surface area contributed by atoms with Crippen molar-refractivity contribution in [1.29, 1.82) is 0 Å². The average molecular weight is 251 g/mol. The van der Waals surface area contributed by atoms with Crippen molar-refractivity contribution >= 4 is 27.3 Å². The zero-order valence-corrected chi connectivity index (χ0v) is 8.94. The highest BCUT2D eigenvalue weighted by atomic mass is 79.9. The summed E-state index contributed by atoms with van der Waals surface area (Å²) in [6, 6.07) is 3.98. The monoisotopic (exact) mass is 250 g/mol. The molecular formula is C8H11BrO2S. The van der Waals surface area contributed by atoms with E-state index in [0.29, 0.717) is 0 Å². The molecule has 12 heavy (non-hydrogen) atoms. The van der Waals surface area contributed by atoms with Gasteiger partial charge >= 0.3 is 0 Å². The van der Waals surface area contributed by atoms with Crippen LogP contribution in [0.4, 0.5) is 0 Å². The first kappa shape index (κ1) is 10.2. The van der Waals surface area contributed by atoms with Crippen LogP contribution in [-0.2, 0) is 6.42 Å². The zero-order chi connectivity index (χ0) is 8.97. The van der Waals surface area contributed by atoms with Gasteiger partial charge in [0.05, 0.1) is 3.79 Å². The van der Waals surface area contributed by atoms with Crippen LogP contribution in [0.15, 0.2) is 15.9 Å². The molecule has 0 amide bonds. The lowest BCUT2D eigenvalue weighted by Gasteiger charge is -2.07. The van der Waals surface area contributed by atoms with Gasteiger partial charge in [-0.1, -0.05) is 0 Å². The van der Waals surface area contributed by atoms with Crippen LogP contribution in [0.1, 0.15) is 4.88 Å². The highest BCUT2D eigenvalue weighted by Gasteiger charge is 2.08. The predicted octanol–water partition coefficient (Wildman–Crippen LogP) is 1.65. The maximum Gasteiger partial charge on any atom is 0.0701 e. The number of thiophene rings is 1. The molecule has 0 fully saturated rings. The van der Waals surface area contributed by atoms with E-state index in [1.165, 1.54) is 4.88 Å². The minimum Gasteiger partial charge on any atom is -0.396 e. The Kier molecular flexibility index (Phi) is 4.21. The Hall–Kier alpha value is 0.1000. The lowest BCUT2D eigenvalue weighted by Crippen LogP contribution is -2.13. The van der Waals surface area contributed by atoms with E-state index in [4.69, 9.17) is 10.2 Å². The topological polar surface area (TPSA) is 40.5 Å². The second kappa shape index (κ2) is 4.97. The maximum absolute atomic E-state index is 8.83. The van der Waals surface area contributed by atoms with E-state index in [1.807, 2.05) is 12.1 Å². The van der Waals surface area contributed by atoms with Crippen molar-refractivity contribution in [1.82, 2.24) is 0 Å². The standard InChI is InChI=1S/C8H11BrO2S/c9-8-2-1-7(12-8)3-6(4-10)5-11/h1-2,6,10-11H,3-5H2. The fraction of sp³-hybridized carbons (Fsp3) is 0.500. The second-order valence-electron chi connectivity index (χ2n) is 2.64. The molecule has 0 spiro atoms. The van der Waals surface area contributed by atoms with Crippen molar-refractivity contribution in [3.05, 3.63) is 20.8 Å². The molecule has 0 aliphatic rings. The Morgan fingerprint density at radius 1 is 1.33 bits per heavy atom. The molecule has 2 nitrogen and oxygen atoms in total. The van der Waals surface area contributed by atoms with E-state index in [0.717, 1.165) is 10.2 Å². The van der Waals surface area contributed by atoms with Gasteiger partial charge in [-0.25, -0.2) is 0 Å². The van der Waals surface area contributed by atoms with Crippen molar-refractivity contribution < 1.29 is 10.2 Å². The van der Waals surface area contributed by atoms with E-state index in [9.17, 15) is 0 Å². The van der Waals surface area contributed by atoms with Crippen LogP contribution in [0.2, 0.25) is 0 Å². The Bertz CT molecular complexity index is 233. The van der Waals surface area contributed by atoms with Gasteiger partial charge in [-0.2, -0.15) is 0 Å². The van der Waals surface area contributed by atoms with Crippen LogP contribution < -0.4 is 0 Å². The van der Waals surface area contributed by atoms with Crippen LogP contribution >= 0.6 is 27.3 Å². The minimum absolute atomic E-state index is 0.0180. The third-order valence-corrected chi connectivity index (χ3v) is 3.28. The molecule has 2 N–H and O–H groups in total. The highest BCUT2D eigenvalue weighted by Crippen LogP contribution is 2.24. The van der Waals surface area contributed by atoms with Crippen LogP contribution in [0, 0.1) is 5.92 Å². The summed E-state index contributed by atoms with van der Waals surface area (Å²) in [6.45, 7) is 0.0953. The molecule has 1 rings (SSSR count). The zero-order valence-electron chi connectivity index (χ0n) is 6.53. The summed E-state index contributed by atoms with van der Waals surface area (Å²) in [5.74, 6) is -0.0180. The number of rotatable bonds is 4. The number of hydrogen-bond acceptors (Lipinski definition) is 3. The van der Waals surface area contributed by atoms with Crippen molar-refractivity contribution in [3.8, 4) is 0 Å². The molecule has 1 heterocycles. The van der Waals surface area contributed by atoms with E-state index in [2.05, 4.69) is 15.9 Å². The van der Waals surface area contributed by atoms with Crippen LogP contribution in [0.3, 0.4) is 0 Å². The van der Waals surface area contributed by atoms with Gasteiger partial charge < -0.3 is 10.2 Å². The third-order valence-electron chi connectivity index (χ3n) is 1.64. The van der Waals surface area contributed by atoms with Crippen LogP contribution in [0.5, 0.6) is 0 Å². The first-order valence-electron chi connectivity index (χ1n) is 3.72. The van der Waals surface area contributed by atoms with Crippen LogP contribution in [0.25, 0.3) is 0 Å². The van der Waals surface area contributed by atoms with Gasteiger partial charge in [0, 0.05) is 24.0 Å². The number of aliphatic hydroxyl groups is 2. The van der Waals surface area contributed by atoms with Gasteiger partial charge in [-0.3, -0.25) is 0 Å². The quantitative estimate of drug-likeness (QED) is 0.854. The maximum atomic E-state index is 8.83. The van der Waals surface area contributed by atoms with Crippen molar-refractivity contribution in [3.63, 3.8) is 0 Å². The van der Waals surface area contributed by atoms with E-state index >= 15 is 0 Å². The van der Waals surface area contributed by atoms with Gasteiger partial charge in [-0.05, 0) is 34.5 Å². The first-order valence-corrected chi connectivity index (χ1v) is 5.33. The third kappa shape index (κ3) is 2.86. The predicted molar refractivity (Wildman–Crippen MR) is 53.4 cm³/mol. The molecule has 0 saturated carbocycles. The Labute approximate surface area is 84.0 Å². The second-order valence-corrected chi connectivity index (χ2v) is 5.19. The van der Waals surface area contributed by atoms with Gasteiger partial charge in [0.15, 0.2) is 0 Å². The fourth-order valence-electron chi connectivity index (χ4n) is 0.933. The summed E-state index contributed by atoms with van der Waals surface area (Å²) in [4.78, 5) is 1.19. The fourth-order valence-corrected chi connectivity index (χ4v) is 2.53. The van der Waals surface area contributed by atoms with Crippen molar-refractivity contribution in [2.24, 2.45) is 5.92 Å². The summed E-state index contributed by atoms with van der Waals surface area (Å²) in [7, 11) is 0. The Morgan fingerprint density at radius 3 is 2.42 bits per heavy atom. The van der Waals surface area contributed by atoms with Crippen molar-refractivity contribution in [2.75, 3.05) is 13.2 Å². The molecule has 1 aromatic rings. The summed E-state index contributed by atoms with van der Waals surface area (Å²) >= 11 is 5.00. The molecular weight excluding hydrogens is 240 g/mol. The summed E-state index contributed by atoms with van der Waals surface area (Å²) in [6.07, 6.45) is 0.753. The summed E-state index contributed by atoms with van der Waals surface area (Å²) in [5.41, 5.74) is 0. The molecule has 0 aromatic carbocycles. The van der Waals surface area contributed by atoms with Gasteiger partial charge in [-0.15, -0.1) is 11.3 Å². The molecule has 0 atom stereocenters. The average Bonchev–Trinajstić information content (AvgIpc) is 2.47. The molecule has 68 valence electrons. The molecule has 4 heteroatoms. The normalized spacial score (nSPS) is 11.0. The summed E-state index contributed by atoms with van der Waals surface area (Å²) in [5, 5.41) is 17.7. The molecule has 0 aliphatic heterocycles. The van der Waals surface area contributed by atoms with Gasteiger partial charge in [0.2, 0.25) is 0 Å². The largest absolute Gasteiger partial charge is 0.396 e. The molecule has 0 saturated heterocycles. The lowest BCUT2D eigenvalue weighted by molar-refractivity contribution is 0.150. The summed E-state index contributed by atoms with van der Waals surface area (Å²) < 4.78 is 1.09. The molecule has 0 unspecified atom stereocenters. The number of hydrogen-bond donors (Lipinski definition) is 2. The molecule has 0 radical (unpaired) electrons. The Morgan fingerprint density at radius 2 is 2.00 bits per heavy atom. The van der Waals surface area contributed by atoms with Gasteiger partial charge in [0.25, 0.3) is 0 Å². The first-order chi connectivity index (χ1) is 5.76. The van der Waals surface area contributed by atoms with Crippen molar-refractivity contribution in [2.45, 2.75) is 6.42 Å². The lowest BCUT2D eigenvalue weighted by atomic mass is 10.1. The minimum atomic E-state index is -0.0180. The smallest absolute Gasteiger partial charge is 0.0701 e. The van der Waals surface area contributed by atoms with E-state index < -0.39 is 0 Å². The Balaban J connectivity index is 2.50. The van der Waals surface area contributed by atoms with E-state index in [-0.39, 0.29) is 19.1 Å². The molecule has 0 aliphatic carbocycles. The SMILES string of the molecule is OCC(CO)Cc1ccc(Br)s1. The number of halogens is 1. The molecule has 0 bridgehead atoms. The van der Waals surface area contributed by atoms with E-state index in [1.54, 1.807) is 11.3 Å².